The lowest BCUT2D eigenvalue weighted by molar-refractivity contribution is 0.0174. The van der Waals surface area contributed by atoms with Crippen molar-refractivity contribution in [3.63, 3.8) is 0 Å². The van der Waals surface area contributed by atoms with Crippen molar-refractivity contribution in [2.45, 2.75) is 38.3 Å². The molecule has 1 aliphatic rings. The van der Waals surface area contributed by atoms with E-state index in [0.29, 0.717) is 11.5 Å². The Morgan fingerprint density at radius 1 is 1.26 bits per heavy atom. The molecular formula is C15H23NO3. The highest BCUT2D eigenvalue weighted by Gasteiger charge is 2.40. The average Bonchev–Trinajstić information content (AvgIpc) is 2.91. The van der Waals surface area contributed by atoms with E-state index in [-0.39, 0.29) is 6.04 Å². The first-order valence-electron chi connectivity index (χ1n) is 6.69. The second kappa shape index (κ2) is 5.39. The Bertz CT molecular complexity index is 426. The van der Waals surface area contributed by atoms with Crippen LogP contribution in [0.5, 0.6) is 11.5 Å². The van der Waals surface area contributed by atoms with Gasteiger partial charge in [-0.2, -0.15) is 0 Å². The monoisotopic (exact) mass is 265 g/mol. The number of aryl methyl sites for hydroxylation is 1. The topological polar surface area (TPSA) is 50.7 Å². The number of hydrogen-bond donors (Lipinski definition) is 2. The molecule has 1 saturated heterocycles. The molecule has 0 aromatic heterocycles. The molecule has 0 radical (unpaired) electrons. The maximum atomic E-state index is 11.0. The molecule has 0 bridgehead atoms. The van der Waals surface area contributed by atoms with Gasteiger partial charge in [0.05, 0.1) is 19.8 Å². The van der Waals surface area contributed by atoms with Gasteiger partial charge in [0.1, 0.15) is 17.1 Å². The number of hydrogen-bond acceptors (Lipinski definition) is 4. The number of methoxy groups -OCH3 is 2. The first-order chi connectivity index (χ1) is 9.00. The molecule has 0 spiro atoms. The van der Waals surface area contributed by atoms with Crippen LogP contribution in [0.4, 0.5) is 0 Å². The number of benzene rings is 1. The Balaban J connectivity index is 2.52. The Morgan fingerprint density at radius 3 is 2.26 bits per heavy atom. The fraction of sp³-hybridized carbons (Fsp3) is 0.600. The van der Waals surface area contributed by atoms with Gasteiger partial charge in [-0.25, -0.2) is 0 Å². The zero-order chi connectivity index (χ0) is 14.0. The molecule has 2 rings (SSSR count). The summed E-state index contributed by atoms with van der Waals surface area (Å²) in [6.45, 7) is 4.75. The summed E-state index contributed by atoms with van der Waals surface area (Å²) in [5, 5.41) is 14.3. The van der Waals surface area contributed by atoms with Gasteiger partial charge in [0.15, 0.2) is 0 Å². The molecule has 4 heteroatoms. The van der Waals surface area contributed by atoms with Crippen LogP contribution < -0.4 is 14.8 Å². The molecule has 2 N–H and O–H groups in total. The lowest BCUT2D eigenvalue weighted by atomic mass is 9.85. The van der Waals surface area contributed by atoms with Gasteiger partial charge in [0, 0.05) is 6.04 Å². The van der Waals surface area contributed by atoms with E-state index >= 15 is 0 Å². The third kappa shape index (κ3) is 2.55. The van der Waals surface area contributed by atoms with Gasteiger partial charge in [0.25, 0.3) is 0 Å². The molecule has 1 aromatic carbocycles. The number of aliphatic hydroxyl groups is 1. The number of nitrogens with one attached hydrogen (secondary N) is 1. The predicted octanol–water partition coefficient (Wildman–Crippen LogP) is 1.97. The van der Waals surface area contributed by atoms with E-state index < -0.39 is 5.60 Å². The summed E-state index contributed by atoms with van der Waals surface area (Å²) in [7, 11) is 3.24. The second-order valence-corrected chi connectivity index (χ2v) is 5.34. The quantitative estimate of drug-likeness (QED) is 0.874. The molecule has 19 heavy (non-hydrogen) atoms. The molecule has 2 atom stereocenters. The summed E-state index contributed by atoms with van der Waals surface area (Å²) in [6.07, 6.45) is 2.03. The smallest absolute Gasteiger partial charge is 0.129 e. The van der Waals surface area contributed by atoms with Crippen molar-refractivity contribution < 1.29 is 14.6 Å². The van der Waals surface area contributed by atoms with Crippen molar-refractivity contribution in [3.8, 4) is 11.5 Å². The van der Waals surface area contributed by atoms with Crippen LogP contribution in [0.15, 0.2) is 12.1 Å². The third-order valence-electron chi connectivity index (χ3n) is 3.90. The summed E-state index contributed by atoms with van der Waals surface area (Å²) in [5.74, 6) is 1.35. The maximum absolute atomic E-state index is 11.0. The van der Waals surface area contributed by atoms with Crippen LogP contribution >= 0.6 is 0 Å². The van der Waals surface area contributed by atoms with Gasteiger partial charge >= 0.3 is 0 Å². The summed E-state index contributed by atoms with van der Waals surface area (Å²) in [5.41, 5.74) is 0.760. The van der Waals surface area contributed by atoms with Crippen molar-refractivity contribution in [3.05, 3.63) is 23.3 Å². The van der Waals surface area contributed by atoms with Crippen LogP contribution in [0.25, 0.3) is 0 Å². The van der Waals surface area contributed by atoms with Crippen LogP contribution in [-0.2, 0) is 5.60 Å². The van der Waals surface area contributed by atoms with Crippen molar-refractivity contribution >= 4 is 0 Å². The second-order valence-electron chi connectivity index (χ2n) is 5.34. The van der Waals surface area contributed by atoms with E-state index in [0.717, 1.165) is 30.5 Å². The zero-order valence-electron chi connectivity index (χ0n) is 12.1. The highest BCUT2D eigenvalue weighted by molar-refractivity contribution is 5.51. The maximum Gasteiger partial charge on any atom is 0.129 e. The molecule has 0 saturated carbocycles. The summed E-state index contributed by atoms with van der Waals surface area (Å²) in [6, 6.07) is 3.89. The highest BCUT2D eigenvalue weighted by atomic mass is 16.5. The Labute approximate surface area is 114 Å². The van der Waals surface area contributed by atoms with E-state index in [1.165, 1.54) is 0 Å². The molecule has 0 amide bonds. The minimum atomic E-state index is -1.01. The summed E-state index contributed by atoms with van der Waals surface area (Å²) in [4.78, 5) is 0. The Hall–Kier alpha value is -1.26. The van der Waals surface area contributed by atoms with Gasteiger partial charge in [0.2, 0.25) is 0 Å². The van der Waals surface area contributed by atoms with Crippen LogP contribution in [-0.4, -0.2) is 31.9 Å². The summed E-state index contributed by atoms with van der Waals surface area (Å²) < 4.78 is 10.9. The van der Waals surface area contributed by atoms with E-state index in [9.17, 15) is 5.11 Å². The molecule has 4 nitrogen and oxygen atoms in total. The Morgan fingerprint density at radius 2 is 1.84 bits per heavy atom. The molecular weight excluding hydrogens is 242 g/mol. The van der Waals surface area contributed by atoms with Crippen molar-refractivity contribution in [1.29, 1.82) is 0 Å². The standard InChI is InChI=1S/C15H23NO3/c1-10-8-11(18-3)14(12(9-10)19-4)15(2,17)13-6-5-7-16-13/h8-9,13,16-17H,5-7H2,1-4H3/t13-,15-/m0/s1. The molecule has 106 valence electrons. The predicted molar refractivity (Wildman–Crippen MR) is 74.9 cm³/mol. The number of ether oxygens (including phenoxy) is 2. The van der Waals surface area contributed by atoms with Gasteiger partial charge < -0.3 is 19.9 Å². The minimum absolute atomic E-state index is 0.0259. The van der Waals surface area contributed by atoms with E-state index in [1.54, 1.807) is 14.2 Å². The SMILES string of the molecule is COc1cc(C)cc(OC)c1[C@@](C)(O)[C@@H]1CCCN1. The largest absolute Gasteiger partial charge is 0.496 e. The van der Waals surface area contributed by atoms with Crippen molar-refractivity contribution in [2.24, 2.45) is 0 Å². The van der Waals surface area contributed by atoms with Gasteiger partial charge in [-0.3, -0.25) is 0 Å². The molecule has 0 unspecified atom stereocenters. The third-order valence-corrected chi connectivity index (χ3v) is 3.90. The van der Waals surface area contributed by atoms with Crippen LogP contribution in [0.1, 0.15) is 30.9 Å². The first kappa shape index (κ1) is 14.2. The molecule has 1 fully saturated rings. The fourth-order valence-electron chi connectivity index (χ4n) is 2.88. The Kier molecular flexibility index (Phi) is 4.02. The van der Waals surface area contributed by atoms with Crippen molar-refractivity contribution in [2.75, 3.05) is 20.8 Å². The van der Waals surface area contributed by atoms with Gasteiger partial charge in [-0.1, -0.05) is 0 Å². The average molecular weight is 265 g/mol. The first-order valence-corrected chi connectivity index (χ1v) is 6.69. The molecule has 1 aliphatic heterocycles. The van der Waals surface area contributed by atoms with E-state index in [4.69, 9.17) is 9.47 Å². The fourth-order valence-corrected chi connectivity index (χ4v) is 2.88. The highest BCUT2D eigenvalue weighted by Crippen LogP contribution is 2.42. The molecule has 1 aromatic rings. The summed E-state index contributed by atoms with van der Waals surface area (Å²) >= 11 is 0. The van der Waals surface area contributed by atoms with Crippen molar-refractivity contribution in [1.82, 2.24) is 5.32 Å². The van der Waals surface area contributed by atoms with Crippen LogP contribution in [0.2, 0.25) is 0 Å². The normalized spacial score (nSPS) is 22.1. The minimum Gasteiger partial charge on any atom is -0.496 e. The van der Waals surface area contributed by atoms with Gasteiger partial charge in [-0.05, 0) is 50.9 Å². The van der Waals surface area contributed by atoms with Crippen LogP contribution in [0.3, 0.4) is 0 Å². The van der Waals surface area contributed by atoms with Crippen LogP contribution in [0, 0.1) is 6.92 Å². The van der Waals surface area contributed by atoms with E-state index in [1.807, 2.05) is 26.0 Å². The molecule has 1 heterocycles. The lowest BCUT2D eigenvalue weighted by Gasteiger charge is -2.33. The lowest BCUT2D eigenvalue weighted by Crippen LogP contribution is -2.43. The number of rotatable bonds is 4. The van der Waals surface area contributed by atoms with Gasteiger partial charge in [-0.15, -0.1) is 0 Å². The molecule has 0 aliphatic carbocycles. The zero-order valence-corrected chi connectivity index (χ0v) is 12.1. The van der Waals surface area contributed by atoms with E-state index in [2.05, 4.69) is 5.32 Å².